The van der Waals surface area contributed by atoms with Crippen LogP contribution in [0, 0.1) is 0 Å². The summed E-state index contributed by atoms with van der Waals surface area (Å²) in [5.74, 6) is 0. The molecule has 0 saturated heterocycles. The second-order valence-corrected chi connectivity index (χ2v) is 15.5. The Morgan fingerprint density at radius 1 is 0.327 bits per heavy atom. The first kappa shape index (κ1) is 78.1. The van der Waals surface area contributed by atoms with Crippen LogP contribution in [0.15, 0.2) is 0 Å². The van der Waals surface area contributed by atoms with Gasteiger partial charge in [0.15, 0.2) is 40.5 Å². The van der Waals surface area contributed by atoms with Gasteiger partial charge < -0.3 is 40.0 Å². The van der Waals surface area contributed by atoms with Gasteiger partial charge in [-0.3, -0.25) is 0 Å². The number of halogens is 12. The summed E-state index contributed by atoms with van der Waals surface area (Å²) in [5.41, 5.74) is -22.6. The maximum absolute atomic E-state index is 10.7. The molecule has 0 aliphatic heterocycles. The summed E-state index contributed by atoms with van der Waals surface area (Å²) in [4.78, 5) is 0. The molecule has 0 unspecified atom stereocenters. The zero-order valence-corrected chi connectivity index (χ0v) is 35.9. The monoisotopic (exact) mass is 960 g/mol. The topological polar surface area (TPSA) is 282 Å². The molecular formula is C19H45AlF12O19S4. The van der Waals surface area contributed by atoms with E-state index in [9.17, 15) is 52.7 Å². The van der Waals surface area contributed by atoms with Gasteiger partial charge in [-0.25, -0.2) is 33.7 Å². The van der Waals surface area contributed by atoms with E-state index in [1.165, 1.54) is 0 Å². The van der Waals surface area contributed by atoms with Crippen molar-refractivity contribution in [3.8, 4) is 0 Å². The second-order valence-electron chi connectivity index (χ2n) is 9.82. The fourth-order valence-corrected chi connectivity index (χ4v) is 0. The van der Waals surface area contributed by atoms with E-state index in [0.717, 1.165) is 0 Å². The minimum atomic E-state index is -6.09. The summed E-state index contributed by atoms with van der Waals surface area (Å²) in [7, 11) is 4.39. The Balaban J connectivity index is -0.0000000522. The first-order valence-corrected chi connectivity index (χ1v) is 18.3. The van der Waals surface area contributed by atoms with Gasteiger partial charge in [-0.1, -0.05) is 0 Å². The molecule has 0 aliphatic rings. The van der Waals surface area contributed by atoms with Crippen molar-refractivity contribution >= 4 is 56.0 Å². The van der Waals surface area contributed by atoms with Crippen LogP contribution in [0.2, 0.25) is 0 Å². The molecule has 55 heavy (non-hydrogen) atoms. The Hall–Kier alpha value is -1.27. The van der Waals surface area contributed by atoms with Crippen LogP contribution in [-0.4, -0.2) is 196 Å². The van der Waals surface area contributed by atoms with E-state index in [2.05, 4.69) is 21.8 Å². The van der Waals surface area contributed by atoms with Gasteiger partial charge in [0.2, 0.25) is 0 Å². The van der Waals surface area contributed by atoms with Gasteiger partial charge in [-0.15, -0.1) is 0 Å². The molecule has 0 bridgehead atoms. The molecule has 0 aromatic rings. The molecule has 0 atom stereocenters. The average Bonchev–Trinajstić information content (AvgIpc) is 2.73. The zero-order chi connectivity index (χ0) is 48.6. The molecule has 0 amide bonds. The molecule has 0 aliphatic carbocycles. The Kier molecular flexibility index (Phi) is 50.9. The minimum absolute atomic E-state index is 1.75. The number of hydrogen-bond acceptors (Lipinski definition) is 14. The molecule has 36 heteroatoms. The van der Waals surface area contributed by atoms with E-state index < -0.39 is 78.0 Å². The number of hydrogen-bond donors (Lipinski definition) is 0. The van der Waals surface area contributed by atoms with Crippen LogP contribution in [0.1, 0.15) is 0 Å². The predicted molar refractivity (Wildman–Crippen MR) is 164 cm³/mol. The van der Waals surface area contributed by atoms with Crippen LogP contribution in [-0.2, 0) is 66.1 Å². The van der Waals surface area contributed by atoms with E-state index in [-0.39, 0.29) is 0 Å². The first-order valence-electron chi connectivity index (χ1n) is 11.7. The van der Waals surface area contributed by atoms with E-state index in [4.69, 9.17) is 59.8 Å². The fourth-order valence-electron chi connectivity index (χ4n) is 0. The van der Waals surface area contributed by atoms with E-state index in [1.54, 1.807) is 0 Å². The summed E-state index contributed by atoms with van der Waals surface area (Å²) < 4.78 is 265. The van der Waals surface area contributed by atoms with Crippen molar-refractivity contribution in [2.75, 3.05) is 107 Å². The Labute approximate surface area is 318 Å². The SMILES string of the molecule is C[O+](C)C.C[O+](C)C.C[O+](C)C.C[O+](C)C.C[O+](C)C.O=S(=O)([O-])C(F)(F)F.O=S(=O)([O-])C(F)(F)F.O=S(=O)([O-])C(F)(F)F.O=S(=O)([O-])C(F)(F)F.[O]=[Al][O-]. The molecule has 0 saturated carbocycles. The third-order valence-corrected chi connectivity index (χ3v) is 3.40. The Bertz CT molecular complexity index is 1100. The molecule has 0 radical (unpaired) electrons. The molecular weight excluding hydrogens is 915 g/mol. The standard InChI is InChI=1S/5C3H9O.4CHF3O3S.Al.2O/c5*1-4(2)3;4*2-1(3,4)8(5,6)7;;;/h5*1-3H3;4*(H,5,6,7);;;/q5*+1;;;;;;;-1/p-4. The van der Waals surface area contributed by atoms with Crippen molar-refractivity contribution in [2.45, 2.75) is 22.0 Å². The van der Waals surface area contributed by atoms with E-state index in [1.807, 2.05) is 107 Å². The molecule has 346 valence electrons. The van der Waals surface area contributed by atoms with Gasteiger partial charge in [0.05, 0.1) is 0 Å². The Morgan fingerprint density at radius 2 is 0.345 bits per heavy atom. The fraction of sp³-hybridized carbons (Fsp3) is 1.00. The summed E-state index contributed by atoms with van der Waals surface area (Å²) in [6, 6.07) is 0. The van der Waals surface area contributed by atoms with Crippen molar-refractivity contribution in [1.82, 2.24) is 0 Å². The number of alkyl halides is 12. The molecule has 0 aromatic heterocycles. The third-order valence-electron chi connectivity index (χ3n) is 1.13. The van der Waals surface area contributed by atoms with Crippen LogP contribution >= 0.6 is 0 Å². The van der Waals surface area contributed by atoms with E-state index >= 15 is 0 Å². The van der Waals surface area contributed by atoms with Crippen molar-refractivity contribution < 1.29 is 134 Å². The van der Waals surface area contributed by atoms with Crippen LogP contribution in [0.4, 0.5) is 52.7 Å². The normalized spacial score (nSPS) is 11.6. The zero-order valence-electron chi connectivity index (χ0n) is 31.5. The van der Waals surface area contributed by atoms with Gasteiger partial charge >= 0.3 is 45.5 Å². The number of rotatable bonds is 0. The third kappa shape index (κ3) is 113. The molecule has 0 aromatic carbocycles. The first-order chi connectivity index (χ1) is 23.1. The van der Waals surface area contributed by atoms with Gasteiger partial charge in [0.1, 0.15) is 107 Å². The van der Waals surface area contributed by atoms with Crippen LogP contribution in [0.3, 0.4) is 0 Å². The quantitative estimate of drug-likeness (QED) is 0.106. The average molecular weight is 961 g/mol. The van der Waals surface area contributed by atoms with Crippen LogP contribution < -0.4 is 4.16 Å². The van der Waals surface area contributed by atoms with Crippen LogP contribution in [0.25, 0.3) is 0 Å². The molecule has 0 heterocycles. The van der Waals surface area contributed by atoms with Gasteiger partial charge in [0, 0.05) is 0 Å². The van der Waals surface area contributed by atoms with Crippen molar-refractivity contribution in [1.29, 1.82) is 0 Å². The molecule has 0 rings (SSSR count). The van der Waals surface area contributed by atoms with Gasteiger partial charge in [-0.2, -0.15) is 52.7 Å². The molecule has 0 N–H and O–H groups in total. The molecule has 19 nitrogen and oxygen atoms in total. The maximum atomic E-state index is 10.7. The summed E-state index contributed by atoms with van der Waals surface area (Å²) >= 11 is -1.75. The molecule has 0 spiro atoms. The summed E-state index contributed by atoms with van der Waals surface area (Å²) in [5, 5.41) is 0. The predicted octanol–water partition coefficient (Wildman–Crippen LogP) is 0.658. The second kappa shape index (κ2) is 35.9. The van der Waals surface area contributed by atoms with Crippen LogP contribution in [0.5, 0.6) is 0 Å². The summed E-state index contributed by atoms with van der Waals surface area (Å²) in [6.45, 7) is 0. The van der Waals surface area contributed by atoms with Crippen molar-refractivity contribution in [2.24, 2.45) is 0 Å². The Morgan fingerprint density at radius 3 is 0.345 bits per heavy atom. The van der Waals surface area contributed by atoms with Crippen molar-refractivity contribution in [3.63, 3.8) is 0 Å². The molecule has 0 fully saturated rings. The summed E-state index contributed by atoms with van der Waals surface area (Å²) in [6.07, 6.45) is 0. The van der Waals surface area contributed by atoms with Gasteiger partial charge in [0.25, 0.3) is 0 Å². The van der Waals surface area contributed by atoms with Gasteiger partial charge in [-0.05, 0) is 0 Å². The van der Waals surface area contributed by atoms with E-state index in [0.29, 0.717) is 0 Å². The van der Waals surface area contributed by atoms with Crippen molar-refractivity contribution in [3.05, 3.63) is 0 Å².